The van der Waals surface area contributed by atoms with Gasteiger partial charge in [0.1, 0.15) is 6.29 Å². The van der Waals surface area contributed by atoms with Gasteiger partial charge >= 0.3 is 6.09 Å². The first-order valence-electron chi connectivity index (χ1n) is 4.76. The van der Waals surface area contributed by atoms with Crippen molar-refractivity contribution in [2.45, 2.75) is 19.1 Å². The third-order valence-electron chi connectivity index (χ3n) is 2.68. The highest BCUT2D eigenvalue weighted by molar-refractivity contribution is 5.65. The minimum atomic E-state index is -0.816. The van der Waals surface area contributed by atoms with Gasteiger partial charge in [-0.15, -0.1) is 0 Å². The molecule has 0 aromatic carbocycles. The smallest absolute Gasteiger partial charge is 0.409 e. The fourth-order valence-electron chi connectivity index (χ4n) is 2.07. The number of fused-ring (bicyclic) bond motifs is 1. The summed E-state index contributed by atoms with van der Waals surface area (Å²) in [5.41, 5.74) is 0. The summed E-state index contributed by atoms with van der Waals surface area (Å²) in [5, 5.41) is 12.2. The van der Waals surface area contributed by atoms with Crippen molar-refractivity contribution in [2.24, 2.45) is 0 Å². The molecule has 0 bridgehead atoms. The Bertz CT molecular complexity index is 208. The summed E-state index contributed by atoms with van der Waals surface area (Å²) in [6.07, 6.45) is 1.18. The lowest BCUT2D eigenvalue weighted by molar-refractivity contribution is -0.0228. The summed E-state index contributed by atoms with van der Waals surface area (Å²) in [4.78, 5) is 14.6. The summed E-state index contributed by atoms with van der Waals surface area (Å²) < 4.78 is 0. The highest BCUT2D eigenvalue weighted by atomic mass is 16.4. The largest absolute Gasteiger partial charge is 0.465 e. The minimum absolute atomic E-state index is 0.0694. The van der Waals surface area contributed by atoms with Crippen molar-refractivity contribution in [3.63, 3.8) is 0 Å². The van der Waals surface area contributed by atoms with E-state index < -0.39 is 6.09 Å². The standard InChI is InChI=1S/C8H15N3O2/c12-8(13)11-6-2-5-10-4-1-3-9-7(10)11/h7,9H,1-6H2,(H,12,13). The molecule has 0 aliphatic carbocycles. The second kappa shape index (κ2) is 3.51. The summed E-state index contributed by atoms with van der Waals surface area (Å²) >= 11 is 0. The molecule has 0 aromatic rings. The van der Waals surface area contributed by atoms with Crippen LogP contribution in [0.2, 0.25) is 0 Å². The number of hydrogen-bond donors (Lipinski definition) is 2. The maximum Gasteiger partial charge on any atom is 0.409 e. The first kappa shape index (κ1) is 8.77. The van der Waals surface area contributed by atoms with Gasteiger partial charge in [0.25, 0.3) is 0 Å². The Hall–Kier alpha value is -0.810. The van der Waals surface area contributed by atoms with E-state index >= 15 is 0 Å². The topological polar surface area (TPSA) is 55.8 Å². The van der Waals surface area contributed by atoms with E-state index in [9.17, 15) is 4.79 Å². The molecule has 74 valence electrons. The molecule has 2 N–H and O–H groups in total. The van der Waals surface area contributed by atoms with Crippen molar-refractivity contribution in [2.75, 3.05) is 26.2 Å². The molecule has 1 atom stereocenters. The maximum absolute atomic E-state index is 10.9. The van der Waals surface area contributed by atoms with E-state index in [-0.39, 0.29) is 6.29 Å². The van der Waals surface area contributed by atoms with E-state index in [4.69, 9.17) is 5.11 Å². The predicted octanol–water partition coefficient (Wildman–Crippen LogP) is -0.0510. The Kier molecular flexibility index (Phi) is 2.37. The molecule has 0 aromatic heterocycles. The van der Waals surface area contributed by atoms with Crippen LogP contribution < -0.4 is 5.32 Å². The second-order valence-corrected chi connectivity index (χ2v) is 3.55. The van der Waals surface area contributed by atoms with Crippen LogP contribution >= 0.6 is 0 Å². The molecule has 1 amide bonds. The molecular weight excluding hydrogens is 170 g/mol. The van der Waals surface area contributed by atoms with Crippen LogP contribution in [0.5, 0.6) is 0 Å². The molecular formula is C8H15N3O2. The fourth-order valence-corrected chi connectivity index (χ4v) is 2.07. The summed E-state index contributed by atoms with van der Waals surface area (Å²) in [5.74, 6) is 0. The SMILES string of the molecule is O=C(O)N1CCCN2CCCNC21. The van der Waals surface area contributed by atoms with Gasteiger partial charge in [0.2, 0.25) is 0 Å². The lowest BCUT2D eigenvalue weighted by Gasteiger charge is -2.45. The molecule has 2 aliphatic heterocycles. The number of carboxylic acid groups (broad SMARTS) is 1. The summed E-state index contributed by atoms with van der Waals surface area (Å²) in [6, 6.07) is 0. The first-order chi connectivity index (χ1) is 6.29. The Balaban J connectivity index is 2.06. The number of nitrogens with zero attached hydrogens (tertiary/aromatic N) is 2. The molecule has 2 saturated heterocycles. The van der Waals surface area contributed by atoms with Crippen molar-refractivity contribution < 1.29 is 9.90 Å². The lowest BCUT2D eigenvalue weighted by Crippen LogP contribution is -2.64. The zero-order valence-electron chi connectivity index (χ0n) is 7.57. The van der Waals surface area contributed by atoms with Gasteiger partial charge < -0.3 is 5.11 Å². The Morgan fingerprint density at radius 1 is 1.31 bits per heavy atom. The molecule has 5 nitrogen and oxygen atoms in total. The number of rotatable bonds is 0. The van der Waals surface area contributed by atoms with E-state index in [0.717, 1.165) is 32.5 Å². The molecule has 0 radical (unpaired) electrons. The van der Waals surface area contributed by atoms with Gasteiger partial charge in [-0.1, -0.05) is 0 Å². The fraction of sp³-hybridized carbons (Fsp3) is 0.875. The van der Waals surface area contributed by atoms with Crippen molar-refractivity contribution >= 4 is 6.09 Å². The molecule has 2 aliphatic rings. The van der Waals surface area contributed by atoms with E-state index in [0.29, 0.717) is 6.54 Å². The molecule has 1 unspecified atom stereocenters. The maximum atomic E-state index is 10.9. The van der Waals surface area contributed by atoms with Crippen LogP contribution in [0.4, 0.5) is 4.79 Å². The third-order valence-corrected chi connectivity index (χ3v) is 2.68. The minimum Gasteiger partial charge on any atom is -0.465 e. The number of nitrogens with one attached hydrogen (secondary N) is 1. The molecule has 2 rings (SSSR count). The van der Waals surface area contributed by atoms with Gasteiger partial charge in [-0.2, -0.15) is 0 Å². The number of amides is 1. The van der Waals surface area contributed by atoms with Crippen LogP contribution in [0, 0.1) is 0 Å². The zero-order valence-corrected chi connectivity index (χ0v) is 7.57. The molecule has 5 heteroatoms. The van der Waals surface area contributed by atoms with Crippen LogP contribution in [0.3, 0.4) is 0 Å². The van der Waals surface area contributed by atoms with Crippen molar-refractivity contribution in [1.82, 2.24) is 15.1 Å². The molecule has 13 heavy (non-hydrogen) atoms. The van der Waals surface area contributed by atoms with E-state index in [1.165, 1.54) is 4.90 Å². The van der Waals surface area contributed by atoms with Gasteiger partial charge in [0.15, 0.2) is 0 Å². The third kappa shape index (κ3) is 1.62. The van der Waals surface area contributed by atoms with Gasteiger partial charge in [0, 0.05) is 19.6 Å². The summed E-state index contributed by atoms with van der Waals surface area (Å²) in [7, 11) is 0. The Morgan fingerprint density at radius 2 is 2.08 bits per heavy atom. The Labute approximate surface area is 77.3 Å². The van der Waals surface area contributed by atoms with Crippen LogP contribution in [0.15, 0.2) is 0 Å². The highest BCUT2D eigenvalue weighted by Crippen LogP contribution is 2.15. The van der Waals surface area contributed by atoms with E-state index in [1.54, 1.807) is 0 Å². The molecule has 0 spiro atoms. The molecule has 0 saturated carbocycles. The van der Waals surface area contributed by atoms with E-state index in [1.807, 2.05) is 0 Å². The van der Waals surface area contributed by atoms with Crippen LogP contribution in [-0.4, -0.2) is 53.5 Å². The van der Waals surface area contributed by atoms with Crippen LogP contribution in [0.1, 0.15) is 12.8 Å². The average Bonchev–Trinajstić information content (AvgIpc) is 2.17. The highest BCUT2D eigenvalue weighted by Gasteiger charge is 2.33. The quantitative estimate of drug-likeness (QED) is 0.555. The summed E-state index contributed by atoms with van der Waals surface area (Å²) in [6.45, 7) is 3.61. The zero-order chi connectivity index (χ0) is 9.26. The van der Waals surface area contributed by atoms with Crippen molar-refractivity contribution in [3.8, 4) is 0 Å². The second-order valence-electron chi connectivity index (χ2n) is 3.55. The number of carbonyl (C=O) groups is 1. The normalized spacial score (nSPS) is 29.8. The predicted molar refractivity (Wildman–Crippen MR) is 47.3 cm³/mol. The van der Waals surface area contributed by atoms with E-state index in [2.05, 4.69) is 10.2 Å². The van der Waals surface area contributed by atoms with Crippen LogP contribution in [-0.2, 0) is 0 Å². The number of hydrogen-bond acceptors (Lipinski definition) is 3. The first-order valence-corrected chi connectivity index (χ1v) is 4.76. The lowest BCUT2D eigenvalue weighted by atomic mass is 10.2. The average molecular weight is 185 g/mol. The molecule has 2 fully saturated rings. The monoisotopic (exact) mass is 185 g/mol. The van der Waals surface area contributed by atoms with Crippen LogP contribution in [0.25, 0.3) is 0 Å². The van der Waals surface area contributed by atoms with Gasteiger partial charge in [-0.05, 0) is 19.4 Å². The van der Waals surface area contributed by atoms with Crippen molar-refractivity contribution in [1.29, 1.82) is 0 Å². The molecule has 2 heterocycles. The van der Waals surface area contributed by atoms with Gasteiger partial charge in [-0.3, -0.25) is 15.1 Å². The van der Waals surface area contributed by atoms with Gasteiger partial charge in [-0.25, -0.2) is 4.79 Å². The Morgan fingerprint density at radius 3 is 2.85 bits per heavy atom. The van der Waals surface area contributed by atoms with Gasteiger partial charge in [0.05, 0.1) is 0 Å². The van der Waals surface area contributed by atoms with Crippen molar-refractivity contribution in [3.05, 3.63) is 0 Å².